The maximum Gasteiger partial charge on any atom is 0.187 e. The Morgan fingerprint density at radius 3 is 1.91 bits per heavy atom. The molecule has 2 heterocycles. The van der Waals surface area contributed by atoms with E-state index < -0.39 is 74.4 Å². The van der Waals surface area contributed by atoms with Crippen LogP contribution in [0.25, 0.3) is 0 Å². The van der Waals surface area contributed by atoms with Crippen LogP contribution in [0.15, 0.2) is 0 Å². The third-order valence-electron chi connectivity index (χ3n) is 4.24. The fourth-order valence-electron chi connectivity index (χ4n) is 2.78. The molecule has 2 aliphatic rings. The number of ether oxygens (including phenoxy) is 3. The summed E-state index contributed by atoms with van der Waals surface area (Å²) in [6.07, 6.45) is -13.2. The first-order valence-electron chi connectivity index (χ1n) is 7.40. The Kier molecular flexibility index (Phi) is 6.30. The highest BCUT2D eigenvalue weighted by molar-refractivity contribution is 4.94. The molecule has 0 aromatic rings. The van der Waals surface area contributed by atoms with Gasteiger partial charge in [-0.25, -0.2) is 0 Å². The zero-order valence-electron chi connectivity index (χ0n) is 12.5. The molecule has 0 saturated carbocycles. The largest absolute Gasteiger partial charge is 0.394 e. The molecule has 0 bridgehead atoms. The summed E-state index contributed by atoms with van der Waals surface area (Å²) in [5, 5.41) is 67.8. The normalized spacial score (nSPS) is 51.7. The molecular formula is C13H24O10. The van der Waals surface area contributed by atoms with Crippen molar-refractivity contribution in [2.24, 2.45) is 0 Å². The first-order chi connectivity index (χ1) is 10.8. The van der Waals surface area contributed by atoms with Crippen LogP contribution in [0.3, 0.4) is 0 Å². The fourth-order valence-corrected chi connectivity index (χ4v) is 2.78. The number of aliphatic hydroxyl groups is 7. The van der Waals surface area contributed by atoms with Gasteiger partial charge in [0, 0.05) is 0 Å². The summed E-state index contributed by atoms with van der Waals surface area (Å²) >= 11 is 0. The molecule has 7 N–H and O–H groups in total. The van der Waals surface area contributed by atoms with Crippen LogP contribution in [0.1, 0.15) is 6.92 Å². The van der Waals surface area contributed by atoms with Crippen molar-refractivity contribution >= 4 is 0 Å². The van der Waals surface area contributed by atoms with E-state index in [4.69, 9.17) is 19.3 Å². The van der Waals surface area contributed by atoms with E-state index in [9.17, 15) is 30.6 Å². The lowest BCUT2D eigenvalue weighted by Gasteiger charge is -2.45. The minimum atomic E-state index is -1.66. The van der Waals surface area contributed by atoms with Gasteiger partial charge in [0.15, 0.2) is 6.29 Å². The second-order valence-corrected chi connectivity index (χ2v) is 5.84. The molecule has 0 radical (unpaired) electrons. The Morgan fingerprint density at radius 2 is 1.35 bits per heavy atom. The maximum atomic E-state index is 10.1. The summed E-state index contributed by atoms with van der Waals surface area (Å²) in [4.78, 5) is 0. The zero-order chi connectivity index (χ0) is 17.3. The van der Waals surface area contributed by atoms with E-state index >= 15 is 0 Å². The summed E-state index contributed by atoms with van der Waals surface area (Å²) in [5.41, 5.74) is 0. The monoisotopic (exact) mass is 340 g/mol. The van der Waals surface area contributed by atoms with E-state index in [1.54, 1.807) is 0 Å². The van der Waals surface area contributed by atoms with Crippen molar-refractivity contribution in [1.29, 1.82) is 0 Å². The fraction of sp³-hybridized carbons (Fsp3) is 1.00. The highest BCUT2D eigenvalue weighted by atomic mass is 16.7. The zero-order valence-corrected chi connectivity index (χ0v) is 12.5. The van der Waals surface area contributed by atoms with Gasteiger partial charge in [-0.2, -0.15) is 0 Å². The van der Waals surface area contributed by atoms with Crippen molar-refractivity contribution in [3.05, 3.63) is 0 Å². The van der Waals surface area contributed by atoms with Gasteiger partial charge in [-0.1, -0.05) is 0 Å². The summed E-state index contributed by atoms with van der Waals surface area (Å²) in [5.74, 6) is 0. The number of hydrogen-bond donors (Lipinski definition) is 7. The maximum absolute atomic E-state index is 10.1. The predicted octanol–water partition coefficient (Wildman–Crippen LogP) is -4.33. The minimum Gasteiger partial charge on any atom is -0.394 e. The van der Waals surface area contributed by atoms with Crippen molar-refractivity contribution < 1.29 is 50.0 Å². The Hall–Kier alpha value is -0.400. The van der Waals surface area contributed by atoms with Gasteiger partial charge in [-0.15, -0.1) is 0 Å². The van der Waals surface area contributed by atoms with Gasteiger partial charge in [0.25, 0.3) is 0 Å². The highest BCUT2D eigenvalue weighted by Crippen LogP contribution is 2.28. The number of aliphatic hydroxyl groups excluding tert-OH is 7. The Labute approximate surface area is 132 Å². The van der Waals surface area contributed by atoms with Crippen LogP contribution in [0.5, 0.6) is 0 Å². The number of rotatable bonds is 4. The molecule has 2 saturated heterocycles. The molecule has 0 spiro atoms. The molecule has 10 nitrogen and oxygen atoms in total. The van der Waals surface area contributed by atoms with E-state index in [1.165, 1.54) is 6.92 Å². The summed E-state index contributed by atoms with van der Waals surface area (Å²) in [6, 6.07) is 0. The molecule has 10 atom stereocenters. The van der Waals surface area contributed by atoms with Gasteiger partial charge in [-0.3, -0.25) is 0 Å². The van der Waals surface area contributed by atoms with Crippen molar-refractivity contribution in [2.75, 3.05) is 13.2 Å². The molecular weight excluding hydrogens is 316 g/mol. The van der Waals surface area contributed by atoms with Gasteiger partial charge < -0.3 is 50.0 Å². The van der Waals surface area contributed by atoms with Gasteiger partial charge in [0.05, 0.1) is 19.3 Å². The Morgan fingerprint density at radius 1 is 0.739 bits per heavy atom. The summed E-state index contributed by atoms with van der Waals surface area (Å²) in [7, 11) is 0. The van der Waals surface area contributed by atoms with E-state index in [-0.39, 0.29) is 0 Å². The van der Waals surface area contributed by atoms with E-state index in [0.717, 1.165) is 0 Å². The smallest absolute Gasteiger partial charge is 0.187 e. The van der Waals surface area contributed by atoms with E-state index in [1.807, 2.05) is 0 Å². The van der Waals surface area contributed by atoms with Crippen LogP contribution in [0.4, 0.5) is 0 Å². The summed E-state index contributed by atoms with van der Waals surface area (Å²) in [6.45, 7) is 0.369. The minimum absolute atomic E-state index is 0.518. The quantitative estimate of drug-likeness (QED) is 0.265. The Balaban J connectivity index is 2.11. The molecule has 2 rings (SSSR count). The lowest BCUT2D eigenvalue weighted by Crippen LogP contribution is -2.64. The third kappa shape index (κ3) is 3.66. The van der Waals surface area contributed by atoms with Crippen LogP contribution in [0.2, 0.25) is 0 Å². The average Bonchev–Trinajstić information content (AvgIpc) is 2.55. The van der Waals surface area contributed by atoms with Crippen molar-refractivity contribution in [3.8, 4) is 0 Å². The second kappa shape index (κ2) is 7.66. The standard InChI is InChI=1S/C13H24O10/c1-4-7(16)10(19)12(6(3-15)21-4)23-13-11(20)9(18)8(17)5(2-14)22-13/h4-20H,2-3H2,1H3/t4-,5?,6?,7?,8+,9+,10-,11?,12-,13-/m0/s1. The van der Waals surface area contributed by atoms with Crippen LogP contribution < -0.4 is 0 Å². The molecule has 0 aromatic carbocycles. The first kappa shape index (κ1) is 18.9. The lowest BCUT2D eigenvalue weighted by atomic mass is 9.95. The van der Waals surface area contributed by atoms with Crippen molar-refractivity contribution in [1.82, 2.24) is 0 Å². The van der Waals surface area contributed by atoms with Gasteiger partial charge in [0.2, 0.25) is 0 Å². The van der Waals surface area contributed by atoms with Crippen molar-refractivity contribution in [2.45, 2.75) is 68.1 Å². The third-order valence-corrected chi connectivity index (χ3v) is 4.24. The SMILES string of the molecule is C[C@@H]1OC(CO)[C@H](O[C@@H]2OC(CO)[C@@H](O)[C@@H](O)C2O)[C@@H](O)C1O. The highest BCUT2D eigenvalue weighted by Gasteiger charge is 2.49. The molecule has 10 heteroatoms. The van der Waals surface area contributed by atoms with Gasteiger partial charge >= 0.3 is 0 Å². The summed E-state index contributed by atoms with van der Waals surface area (Å²) < 4.78 is 15.9. The van der Waals surface area contributed by atoms with Crippen LogP contribution in [0, 0.1) is 0 Å². The Bertz CT molecular complexity index is 378. The first-order valence-corrected chi connectivity index (χ1v) is 7.40. The molecule has 136 valence electrons. The topological polar surface area (TPSA) is 169 Å². The second-order valence-electron chi connectivity index (χ2n) is 5.84. The van der Waals surface area contributed by atoms with Crippen LogP contribution in [-0.2, 0) is 14.2 Å². The molecule has 0 aliphatic carbocycles. The van der Waals surface area contributed by atoms with Gasteiger partial charge in [0.1, 0.15) is 48.8 Å². The molecule has 23 heavy (non-hydrogen) atoms. The van der Waals surface area contributed by atoms with E-state index in [0.29, 0.717) is 0 Å². The van der Waals surface area contributed by atoms with Crippen LogP contribution >= 0.6 is 0 Å². The van der Waals surface area contributed by atoms with Gasteiger partial charge in [-0.05, 0) is 6.92 Å². The molecule has 0 amide bonds. The molecule has 0 aromatic heterocycles. The predicted molar refractivity (Wildman–Crippen MR) is 72.1 cm³/mol. The average molecular weight is 340 g/mol. The van der Waals surface area contributed by atoms with Crippen LogP contribution in [-0.4, -0.2) is 110 Å². The van der Waals surface area contributed by atoms with Crippen molar-refractivity contribution in [3.63, 3.8) is 0 Å². The molecule has 2 fully saturated rings. The lowest BCUT2D eigenvalue weighted by molar-refractivity contribution is -0.341. The van der Waals surface area contributed by atoms with E-state index in [2.05, 4.69) is 0 Å². The number of hydrogen-bond acceptors (Lipinski definition) is 10. The molecule has 2 aliphatic heterocycles. The molecule has 4 unspecified atom stereocenters.